The van der Waals surface area contributed by atoms with Crippen molar-refractivity contribution in [1.82, 2.24) is 0 Å². The minimum Gasteiger partial charge on any atom is -0.447 e. The highest BCUT2D eigenvalue weighted by Crippen LogP contribution is 2.00. The molecule has 0 heterocycles. The van der Waals surface area contributed by atoms with Crippen LogP contribution in [0.15, 0.2) is 0 Å². The Balaban J connectivity index is 3.43. The fraction of sp³-hybridized carbons (Fsp3) is 0.833. The number of nitrogens with two attached hydrogens (primary N) is 1. The maximum absolute atomic E-state index is 10.1. The van der Waals surface area contributed by atoms with Crippen LogP contribution in [0.2, 0.25) is 0 Å². The molecule has 0 radical (unpaired) electrons. The Morgan fingerprint density at radius 3 is 2.50 bits per heavy atom. The number of hydrogen-bond donors (Lipinski definition) is 2. The van der Waals surface area contributed by atoms with E-state index in [0.29, 0.717) is 6.42 Å². The second-order valence-electron chi connectivity index (χ2n) is 2.33. The van der Waals surface area contributed by atoms with E-state index < -0.39 is 12.2 Å². The zero-order valence-corrected chi connectivity index (χ0v) is 6.20. The number of amides is 1. The number of aliphatic hydroxyl groups is 1. The summed E-state index contributed by atoms with van der Waals surface area (Å²) >= 11 is 0. The summed E-state index contributed by atoms with van der Waals surface area (Å²) in [4.78, 5) is 10.1. The molecule has 0 aliphatic carbocycles. The summed E-state index contributed by atoms with van der Waals surface area (Å²) < 4.78 is 4.54. The van der Waals surface area contributed by atoms with Gasteiger partial charge in [-0.15, -0.1) is 0 Å². The third kappa shape index (κ3) is 5.37. The first-order chi connectivity index (χ1) is 4.52. The van der Waals surface area contributed by atoms with Crippen LogP contribution < -0.4 is 5.73 Å². The van der Waals surface area contributed by atoms with E-state index in [1.165, 1.54) is 0 Å². The Bertz CT molecular complexity index is 114. The predicted octanol–water partition coefficient (Wildman–Crippen LogP) is 0.241. The summed E-state index contributed by atoms with van der Waals surface area (Å²) in [5.41, 5.74) is 4.73. The quantitative estimate of drug-likeness (QED) is 0.600. The van der Waals surface area contributed by atoms with E-state index >= 15 is 0 Å². The van der Waals surface area contributed by atoms with Crippen LogP contribution >= 0.6 is 0 Å². The van der Waals surface area contributed by atoms with Crippen molar-refractivity contribution in [2.75, 3.05) is 0 Å². The van der Waals surface area contributed by atoms with E-state index in [1.54, 1.807) is 13.8 Å². The van der Waals surface area contributed by atoms with Gasteiger partial charge in [-0.3, -0.25) is 0 Å². The van der Waals surface area contributed by atoms with E-state index in [1.807, 2.05) is 0 Å². The van der Waals surface area contributed by atoms with Gasteiger partial charge in [0.25, 0.3) is 0 Å². The summed E-state index contributed by atoms with van der Waals surface area (Å²) in [6.45, 7) is 3.30. The molecule has 4 heteroatoms. The first-order valence-electron chi connectivity index (χ1n) is 3.16. The van der Waals surface area contributed by atoms with E-state index in [2.05, 4.69) is 4.74 Å². The molecule has 60 valence electrons. The maximum atomic E-state index is 10.1. The minimum atomic E-state index is -0.798. The smallest absolute Gasteiger partial charge is 0.404 e. The molecule has 0 aromatic rings. The van der Waals surface area contributed by atoms with Crippen LogP contribution in [0.5, 0.6) is 0 Å². The predicted molar refractivity (Wildman–Crippen MR) is 36.4 cm³/mol. The van der Waals surface area contributed by atoms with Gasteiger partial charge < -0.3 is 15.6 Å². The molecule has 10 heavy (non-hydrogen) atoms. The van der Waals surface area contributed by atoms with Gasteiger partial charge in [-0.2, -0.15) is 0 Å². The van der Waals surface area contributed by atoms with Crippen LogP contribution in [0.1, 0.15) is 20.3 Å². The summed E-state index contributed by atoms with van der Waals surface area (Å²) in [5.74, 6) is 0. The molecule has 0 bridgehead atoms. The van der Waals surface area contributed by atoms with E-state index in [0.717, 1.165) is 0 Å². The number of carbonyl (C=O) groups excluding carboxylic acids is 1. The molecule has 0 saturated heterocycles. The summed E-state index contributed by atoms with van der Waals surface area (Å²) in [6, 6.07) is 0. The van der Waals surface area contributed by atoms with Gasteiger partial charge in [0.05, 0.1) is 6.10 Å². The Kier molecular flexibility index (Phi) is 3.79. The molecule has 4 nitrogen and oxygen atoms in total. The SMILES string of the molecule is CC(O)CC(C)OC(N)=O. The number of primary amides is 1. The van der Waals surface area contributed by atoms with Gasteiger partial charge in [0, 0.05) is 6.42 Å². The molecule has 2 unspecified atom stereocenters. The summed E-state index contributed by atoms with van der Waals surface area (Å²) in [6.07, 6.45) is -1.15. The van der Waals surface area contributed by atoms with Gasteiger partial charge in [0.1, 0.15) is 6.10 Å². The van der Waals surface area contributed by atoms with Gasteiger partial charge in [0.15, 0.2) is 0 Å². The Hall–Kier alpha value is -0.770. The second kappa shape index (κ2) is 4.11. The number of hydrogen-bond acceptors (Lipinski definition) is 3. The molecule has 0 spiro atoms. The molecule has 1 amide bonds. The van der Waals surface area contributed by atoms with Crippen molar-refractivity contribution in [2.24, 2.45) is 5.73 Å². The Morgan fingerprint density at radius 1 is 1.70 bits per heavy atom. The Labute approximate surface area is 60.0 Å². The normalized spacial score (nSPS) is 15.9. The largest absolute Gasteiger partial charge is 0.447 e. The fourth-order valence-corrected chi connectivity index (χ4v) is 0.727. The van der Waals surface area contributed by atoms with Crippen molar-refractivity contribution in [3.05, 3.63) is 0 Å². The molecule has 0 fully saturated rings. The molecule has 0 aromatic heterocycles. The number of rotatable bonds is 3. The van der Waals surface area contributed by atoms with Crippen LogP contribution in [0.4, 0.5) is 4.79 Å². The second-order valence-corrected chi connectivity index (χ2v) is 2.33. The van der Waals surface area contributed by atoms with Crippen molar-refractivity contribution in [3.8, 4) is 0 Å². The molecule has 2 atom stereocenters. The lowest BCUT2D eigenvalue weighted by Gasteiger charge is -2.12. The monoisotopic (exact) mass is 147 g/mol. The molecule has 0 aliphatic rings. The van der Waals surface area contributed by atoms with Crippen molar-refractivity contribution in [1.29, 1.82) is 0 Å². The van der Waals surface area contributed by atoms with Crippen LogP contribution in [-0.2, 0) is 4.74 Å². The van der Waals surface area contributed by atoms with E-state index in [9.17, 15) is 4.79 Å². The highest BCUT2D eigenvalue weighted by Gasteiger charge is 2.08. The van der Waals surface area contributed by atoms with Gasteiger partial charge in [-0.25, -0.2) is 4.79 Å². The third-order valence-corrected chi connectivity index (χ3v) is 0.990. The minimum absolute atomic E-state index is 0.308. The standard InChI is InChI=1S/C6H13NO3/c1-4(8)3-5(2)10-6(7)9/h4-5,8H,3H2,1-2H3,(H2,7,9). The van der Waals surface area contributed by atoms with Crippen LogP contribution in [0.25, 0.3) is 0 Å². The van der Waals surface area contributed by atoms with E-state index in [-0.39, 0.29) is 6.10 Å². The molecule has 0 saturated carbocycles. The van der Waals surface area contributed by atoms with Crippen LogP contribution in [0.3, 0.4) is 0 Å². The van der Waals surface area contributed by atoms with Crippen molar-refractivity contribution < 1.29 is 14.6 Å². The zero-order valence-electron chi connectivity index (χ0n) is 6.20. The molecule has 3 N–H and O–H groups in total. The number of ether oxygens (including phenoxy) is 1. The van der Waals surface area contributed by atoms with Crippen molar-refractivity contribution in [2.45, 2.75) is 32.5 Å². The molecular formula is C6H13NO3. The Morgan fingerprint density at radius 2 is 2.20 bits per heavy atom. The summed E-state index contributed by atoms with van der Waals surface area (Å²) in [5, 5.41) is 8.80. The fourth-order valence-electron chi connectivity index (χ4n) is 0.727. The first kappa shape index (κ1) is 9.23. The van der Waals surface area contributed by atoms with Crippen LogP contribution in [-0.4, -0.2) is 23.4 Å². The van der Waals surface area contributed by atoms with Gasteiger partial charge >= 0.3 is 6.09 Å². The van der Waals surface area contributed by atoms with Crippen molar-refractivity contribution >= 4 is 6.09 Å². The highest BCUT2D eigenvalue weighted by atomic mass is 16.6. The lowest BCUT2D eigenvalue weighted by molar-refractivity contribution is 0.0746. The molecular weight excluding hydrogens is 134 g/mol. The average Bonchev–Trinajstić information content (AvgIpc) is 1.58. The summed E-state index contributed by atoms with van der Waals surface area (Å²) in [7, 11) is 0. The van der Waals surface area contributed by atoms with Crippen molar-refractivity contribution in [3.63, 3.8) is 0 Å². The average molecular weight is 147 g/mol. The van der Waals surface area contributed by atoms with Gasteiger partial charge in [-0.1, -0.05) is 0 Å². The first-order valence-corrected chi connectivity index (χ1v) is 3.16. The van der Waals surface area contributed by atoms with Crippen LogP contribution in [0, 0.1) is 0 Å². The third-order valence-electron chi connectivity index (χ3n) is 0.990. The van der Waals surface area contributed by atoms with Gasteiger partial charge in [-0.05, 0) is 13.8 Å². The molecule has 0 rings (SSSR count). The van der Waals surface area contributed by atoms with E-state index in [4.69, 9.17) is 10.8 Å². The van der Waals surface area contributed by atoms with Gasteiger partial charge in [0.2, 0.25) is 0 Å². The number of carbonyl (C=O) groups is 1. The lowest BCUT2D eigenvalue weighted by Crippen LogP contribution is -2.23. The molecule has 0 aromatic carbocycles. The maximum Gasteiger partial charge on any atom is 0.404 e. The zero-order chi connectivity index (χ0) is 8.15. The molecule has 0 aliphatic heterocycles. The lowest BCUT2D eigenvalue weighted by atomic mass is 10.2. The highest BCUT2D eigenvalue weighted by molar-refractivity contribution is 5.64. The number of aliphatic hydroxyl groups excluding tert-OH is 1. The topological polar surface area (TPSA) is 72.6 Å².